The Bertz CT molecular complexity index is 782. The molecule has 4 heteroatoms. The second-order valence-corrected chi connectivity index (χ2v) is 10.9. The molecule has 0 spiro atoms. The van der Waals surface area contributed by atoms with Crippen molar-refractivity contribution in [2.45, 2.75) is 59.3 Å². The zero-order valence-electron chi connectivity index (χ0n) is 16.7. The van der Waals surface area contributed by atoms with E-state index in [4.69, 9.17) is 0 Å². The maximum absolute atomic E-state index is 10.3. The van der Waals surface area contributed by atoms with Crippen LogP contribution in [0.2, 0.25) is 0 Å². The van der Waals surface area contributed by atoms with Crippen LogP contribution in [0.5, 0.6) is 11.5 Å². The molecular formula is C23H28Br2O2. The van der Waals surface area contributed by atoms with Crippen LogP contribution in [-0.4, -0.2) is 10.2 Å². The fourth-order valence-corrected chi connectivity index (χ4v) is 6.32. The topological polar surface area (TPSA) is 40.5 Å². The molecule has 1 aliphatic carbocycles. The number of hydrogen-bond donors (Lipinski definition) is 2. The summed E-state index contributed by atoms with van der Waals surface area (Å²) in [6, 6.07) is 8.41. The average molecular weight is 496 g/mol. The van der Waals surface area contributed by atoms with E-state index >= 15 is 0 Å². The second kappa shape index (κ2) is 7.11. The third kappa shape index (κ3) is 3.80. The molecule has 146 valence electrons. The van der Waals surface area contributed by atoms with Gasteiger partial charge >= 0.3 is 0 Å². The highest BCUT2D eigenvalue weighted by atomic mass is 79.9. The highest BCUT2D eigenvalue weighted by Crippen LogP contribution is 2.55. The molecule has 0 aromatic heterocycles. The fourth-order valence-electron chi connectivity index (χ4n) is 5.20. The summed E-state index contributed by atoms with van der Waals surface area (Å²) < 4.78 is 1.48. The molecule has 0 heterocycles. The van der Waals surface area contributed by atoms with Gasteiger partial charge in [0, 0.05) is 5.41 Å². The van der Waals surface area contributed by atoms with E-state index in [1.807, 2.05) is 13.8 Å². The van der Waals surface area contributed by atoms with Gasteiger partial charge in [-0.1, -0.05) is 32.9 Å². The standard InChI is InChI=1S/C23H28Br2O2/c1-13-10-22(4,5)12-23(11-13,16-6-14(2)20(26)18(24)8-16)17-7-15(3)21(27)19(25)9-17/h6-9,13,26-27H,10-12H2,1-5H3. The van der Waals surface area contributed by atoms with Crippen molar-refractivity contribution >= 4 is 31.9 Å². The summed E-state index contributed by atoms with van der Waals surface area (Å²) in [5.41, 5.74) is 4.24. The molecule has 3 rings (SSSR count). The van der Waals surface area contributed by atoms with Crippen LogP contribution in [0.1, 0.15) is 62.3 Å². The summed E-state index contributed by atoms with van der Waals surface area (Å²) in [5, 5.41) is 20.6. The second-order valence-electron chi connectivity index (χ2n) is 9.18. The van der Waals surface area contributed by atoms with E-state index in [0.29, 0.717) is 17.4 Å². The molecule has 1 unspecified atom stereocenters. The average Bonchev–Trinajstić information content (AvgIpc) is 2.54. The highest BCUT2D eigenvalue weighted by molar-refractivity contribution is 9.10. The Morgan fingerprint density at radius 3 is 1.67 bits per heavy atom. The smallest absolute Gasteiger partial charge is 0.132 e. The van der Waals surface area contributed by atoms with Crippen LogP contribution in [0, 0.1) is 25.2 Å². The molecule has 0 aliphatic heterocycles. The quantitative estimate of drug-likeness (QED) is 0.456. The van der Waals surface area contributed by atoms with Crippen molar-refractivity contribution in [3.8, 4) is 11.5 Å². The first kappa shape index (κ1) is 20.7. The number of aryl methyl sites for hydroxylation is 2. The van der Waals surface area contributed by atoms with Gasteiger partial charge in [-0.05, 0) is 111 Å². The number of halogens is 2. The normalized spacial score (nSPS) is 21.2. The van der Waals surface area contributed by atoms with Gasteiger partial charge < -0.3 is 10.2 Å². The van der Waals surface area contributed by atoms with E-state index in [1.165, 1.54) is 17.5 Å². The van der Waals surface area contributed by atoms with Gasteiger partial charge in [0.15, 0.2) is 0 Å². The van der Waals surface area contributed by atoms with Crippen LogP contribution in [0.3, 0.4) is 0 Å². The number of aromatic hydroxyl groups is 2. The lowest BCUT2D eigenvalue weighted by Crippen LogP contribution is -2.41. The minimum Gasteiger partial charge on any atom is -0.506 e. The lowest BCUT2D eigenvalue weighted by atomic mass is 9.55. The largest absolute Gasteiger partial charge is 0.506 e. The molecule has 0 saturated heterocycles. The molecule has 0 amide bonds. The van der Waals surface area contributed by atoms with Crippen LogP contribution >= 0.6 is 31.9 Å². The van der Waals surface area contributed by atoms with Crippen molar-refractivity contribution in [2.75, 3.05) is 0 Å². The van der Waals surface area contributed by atoms with Crippen molar-refractivity contribution in [3.63, 3.8) is 0 Å². The van der Waals surface area contributed by atoms with E-state index in [1.54, 1.807) is 0 Å². The van der Waals surface area contributed by atoms with Crippen molar-refractivity contribution < 1.29 is 10.2 Å². The summed E-state index contributed by atoms with van der Waals surface area (Å²) in [6.45, 7) is 10.9. The Morgan fingerprint density at radius 2 is 1.30 bits per heavy atom. The van der Waals surface area contributed by atoms with Gasteiger partial charge in [0.2, 0.25) is 0 Å². The Hall–Kier alpha value is -1.00. The van der Waals surface area contributed by atoms with Crippen molar-refractivity contribution in [3.05, 3.63) is 55.5 Å². The Balaban J connectivity index is 2.31. The Kier molecular flexibility index (Phi) is 5.46. The molecular weight excluding hydrogens is 468 g/mol. The SMILES string of the molecule is Cc1cc(C2(c3cc(C)c(O)c(Br)c3)CC(C)CC(C)(C)C2)cc(Br)c1O. The van der Waals surface area contributed by atoms with Crippen molar-refractivity contribution in [1.82, 2.24) is 0 Å². The minimum absolute atomic E-state index is 0.164. The summed E-state index contributed by atoms with van der Waals surface area (Å²) >= 11 is 7.09. The van der Waals surface area contributed by atoms with E-state index in [9.17, 15) is 10.2 Å². The summed E-state index contributed by atoms with van der Waals surface area (Å²) in [6.07, 6.45) is 3.27. The predicted molar refractivity (Wildman–Crippen MR) is 119 cm³/mol. The number of phenolic OH excluding ortho intramolecular Hbond substituents is 2. The van der Waals surface area contributed by atoms with E-state index in [-0.39, 0.29) is 10.8 Å². The lowest BCUT2D eigenvalue weighted by Gasteiger charge is -2.49. The third-order valence-electron chi connectivity index (χ3n) is 5.99. The summed E-state index contributed by atoms with van der Waals surface area (Å²) in [5.74, 6) is 1.19. The molecule has 2 nitrogen and oxygen atoms in total. The first-order valence-corrected chi connectivity index (χ1v) is 11.0. The molecule has 27 heavy (non-hydrogen) atoms. The summed E-state index contributed by atoms with van der Waals surface area (Å²) in [7, 11) is 0. The summed E-state index contributed by atoms with van der Waals surface area (Å²) in [4.78, 5) is 0. The number of hydrogen-bond acceptors (Lipinski definition) is 2. The van der Waals surface area contributed by atoms with E-state index in [0.717, 1.165) is 32.9 Å². The van der Waals surface area contributed by atoms with Gasteiger partial charge in [-0.15, -0.1) is 0 Å². The molecule has 1 saturated carbocycles. The fraction of sp³-hybridized carbons (Fsp3) is 0.478. The van der Waals surface area contributed by atoms with Gasteiger partial charge in [0.25, 0.3) is 0 Å². The predicted octanol–water partition coefficient (Wildman–Crippen LogP) is 7.37. The first-order valence-electron chi connectivity index (χ1n) is 9.44. The first-order chi connectivity index (χ1) is 12.4. The van der Waals surface area contributed by atoms with Crippen molar-refractivity contribution in [2.24, 2.45) is 11.3 Å². The highest BCUT2D eigenvalue weighted by Gasteiger charge is 2.45. The molecule has 1 atom stereocenters. The molecule has 0 radical (unpaired) electrons. The van der Waals surface area contributed by atoms with Crippen LogP contribution in [0.4, 0.5) is 0 Å². The van der Waals surface area contributed by atoms with Gasteiger partial charge in [-0.25, -0.2) is 0 Å². The van der Waals surface area contributed by atoms with E-state index < -0.39 is 0 Å². The maximum Gasteiger partial charge on any atom is 0.132 e. The maximum atomic E-state index is 10.3. The monoisotopic (exact) mass is 494 g/mol. The number of rotatable bonds is 2. The minimum atomic E-state index is -0.164. The molecule has 2 N–H and O–H groups in total. The van der Waals surface area contributed by atoms with E-state index in [2.05, 4.69) is 76.9 Å². The van der Waals surface area contributed by atoms with Crippen LogP contribution in [0.15, 0.2) is 33.2 Å². The Morgan fingerprint density at radius 1 is 0.852 bits per heavy atom. The zero-order chi connectivity index (χ0) is 20.1. The van der Waals surface area contributed by atoms with Gasteiger partial charge in [-0.3, -0.25) is 0 Å². The van der Waals surface area contributed by atoms with Crippen LogP contribution < -0.4 is 0 Å². The molecule has 1 aliphatic rings. The van der Waals surface area contributed by atoms with Crippen LogP contribution in [-0.2, 0) is 5.41 Å². The Labute approximate surface area is 179 Å². The van der Waals surface area contributed by atoms with Gasteiger partial charge in [-0.2, -0.15) is 0 Å². The lowest BCUT2D eigenvalue weighted by molar-refractivity contribution is 0.126. The van der Waals surface area contributed by atoms with Gasteiger partial charge in [0.1, 0.15) is 11.5 Å². The molecule has 2 aromatic rings. The number of phenols is 2. The van der Waals surface area contributed by atoms with Crippen LogP contribution in [0.25, 0.3) is 0 Å². The molecule has 1 fully saturated rings. The third-order valence-corrected chi connectivity index (χ3v) is 7.20. The molecule has 0 bridgehead atoms. The number of benzene rings is 2. The van der Waals surface area contributed by atoms with Crippen molar-refractivity contribution in [1.29, 1.82) is 0 Å². The molecule has 2 aromatic carbocycles. The van der Waals surface area contributed by atoms with Gasteiger partial charge in [0.05, 0.1) is 8.95 Å². The zero-order valence-corrected chi connectivity index (χ0v) is 19.8.